The van der Waals surface area contributed by atoms with Crippen molar-refractivity contribution in [3.05, 3.63) is 71.3 Å². The van der Waals surface area contributed by atoms with Crippen LogP contribution in [0.25, 0.3) is 16.0 Å². The zero-order chi connectivity index (χ0) is 24.3. The molecule has 0 fully saturated rings. The summed E-state index contributed by atoms with van der Waals surface area (Å²) in [5.74, 6) is -0.179. The maximum Gasteiger partial charge on any atom is 0.351 e. The summed E-state index contributed by atoms with van der Waals surface area (Å²) in [7, 11) is -1.83. The van der Waals surface area contributed by atoms with Gasteiger partial charge in [-0.05, 0) is 50.1 Å². The molecule has 8 nitrogen and oxygen atoms in total. The number of nitrogens with zero attached hydrogens (tertiary/aromatic N) is 2. The number of anilines is 1. The van der Waals surface area contributed by atoms with Gasteiger partial charge in [0.25, 0.3) is 0 Å². The maximum atomic E-state index is 12.1. The third-order valence-electron chi connectivity index (χ3n) is 5.23. The number of rotatable bonds is 8. The Labute approximate surface area is 193 Å². The van der Waals surface area contributed by atoms with Crippen LogP contribution in [-0.2, 0) is 23.5 Å². The Balaban J connectivity index is 1.91. The Kier molecular flexibility index (Phi) is 6.79. The summed E-state index contributed by atoms with van der Waals surface area (Å²) in [5, 5.41) is 9.16. The largest absolute Gasteiger partial charge is 0.477 e. The molecule has 2 N–H and O–H groups in total. The molecule has 9 heteroatoms. The summed E-state index contributed by atoms with van der Waals surface area (Å²) in [4.78, 5) is 15.5. The van der Waals surface area contributed by atoms with Gasteiger partial charge >= 0.3 is 5.97 Å². The van der Waals surface area contributed by atoms with E-state index < -0.39 is 21.2 Å². The van der Waals surface area contributed by atoms with Gasteiger partial charge in [-0.2, -0.15) is 0 Å². The number of hydrogen-bond donors (Lipinski definition) is 2. The predicted molar refractivity (Wildman–Crippen MR) is 128 cm³/mol. The highest BCUT2D eigenvalue weighted by atomic mass is 32.2. The summed E-state index contributed by atoms with van der Waals surface area (Å²) in [5.41, 5.74) is 2.43. The van der Waals surface area contributed by atoms with Crippen molar-refractivity contribution in [1.29, 1.82) is 0 Å². The second-order valence-electron chi connectivity index (χ2n) is 7.70. The van der Waals surface area contributed by atoms with Gasteiger partial charge in [-0.3, -0.25) is 4.72 Å². The molecule has 0 aliphatic rings. The molecule has 0 saturated carbocycles. The van der Waals surface area contributed by atoms with Crippen LogP contribution in [0.4, 0.5) is 11.4 Å². The van der Waals surface area contributed by atoms with Crippen molar-refractivity contribution in [2.75, 3.05) is 4.72 Å². The molecule has 0 amide bonds. The van der Waals surface area contributed by atoms with E-state index in [2.05, 4.69) is 9.57 Å². The van der Waals surface area contributed by atoms with E-state index in [0.717, 1.165) is 0 Å². The monoisotopic (exact) mass is 467 g/mol. The van der Waals surface area contributed by atoms with Gasteiger partial charge in [-0.15, -0.1) is 0 Å². The highest BCUT2D eigenvalue weighted by Crippen LogP contribution is 2.40. The molecule has 33 heavy (non-hydrogen) atoms. The Bertz CT molecular complexity index is 1330. The number of ether oxygens (including phenoxy) is 1. The summed E-state index contributed by atoms with van der Waals surface area (Å²) >= 11 is 0. The van der Waals surface area contributed by atoms with Crippen molar-refractivity contribution < 1.29 is 23.1 Å². The SMILES string of the molecule is [C-]#[N+]c1c(-c2ccc(Oc3cccc(NS(=O)(=O)C(C)C)c3)cc2)c(C(=O)O)n(C)c1CC. The lowest BCUT2D eigenvalue weighted by Crippen LogP contribution is -2.22. The Hall–Kier alpha value is -3.77. The number of carboxylic acid groups (broad SMARTS) is 1. The molecule has 0 radical (unpaired) electrons. The first-order valence-electron chi connectivity index (χ1n) is 10.3. The van der Waals surface area contributed by atoms with Gasteiger partial charge in [0.2, 0.25) is 15.7 Å². The molecule has 0 aliphatic carbocycles. The molecule has 0 atom stereocenters. The van der Waals surface area contributed by atoms with Crippen LogP contribution < -0.4 is 9.46 Å². The van der Waals surface area contributed by atoms with Crippen LogP contribution in [0, 0.1) is 6.57 Å². The molecule has 0 spiro atoms. The summed E-state index contributed by atoms with van der Waals surface area (Å²) in [6.07, 6.45) is 0.534. The van der Waals surface area contributed by atoms with E-state index in [1.165, 1.54) is 0 Å². The van der Waals surface area contributed by atoms with Crippen LogP contribution in [0.1, 0.15) is 37.0 Å². The normalized spacial score (nSPS) is 11.3. The van der Waals surface area contributed by atoms with Crippen molar-refractivity contribution in [3.8, 4) is 22.6 Å². The van der Waals surface area contributed by atoms with E-state index in [4.69, 9.17) is 11.3 Å². The van der Waals surface area contributed by atoms with Crippen LogP contribution in [-0.4, -0.2) is 29.3 Å². The Morgan fingerprint density at radius 2 is 1.85 bits per heavy atom. The molecule has 3 rings (SSSR count). The second kappa shape index (κ2) is 9.38. The number of carboxylic acids is 1. The lowest BCUT2D eigenvalue weighted by molar-refractivity contribution is 0.0687. The molecule has 172 valence electrons. The minimum absolute atomic E-state index is 0.0663. The Morgan fingerprint density at radius 1 is 1.18 bits per heavy atom. The number of aromatic carboxylic acids is 1. The zero-order valence-corrected chi connectivity index (χ0v) is 19.6. The van der Waals surface area contributed by atoms with E-state index in [0.29, 0.717) is 46.1 Å². The lowest BCUT2D eigenvalue weighted by atomic mass is 10.0. The second-order valence-corrected chi connectivity index (χ2v) is 9.94. The van der Waals surface area contributed by atoms with E-state index in [9.17, 15) is 18.3 Å². The fourth-order valence-corrected chi connectivity index (χ4v) is 4.19. The van der Waals surface area contributed by atoms with E-state index >= 15 is 0 Å². The van der Waals surface area contributed by atoms with Crippen molar-refractivity contribution in [3.63, 3.8) is 0 Å². The lowest BCUT2D eigenvalue weighted by Gasteiger charge is -2.12. The molecule has 2 aromatic carbocycles. The van der Waals surface area contributed by atoms with Crippen molar-refractivity contribution in [2.24, 2.45) is 7.05 Å². The van der Waals surface area contributed by atoms with Crippen LogP contribution >= 0.6 is 0 Å². The zero-order valence-electron chi connectivity index (χ0n) is 18.8. The third-order valence-corrected chi connectivity index (χ3v) is 6.99. The van der Waals surface area contributed by atoms with Gasteiger partial charge in [-0.25, -0.2) is 18.1 Å². The molecule has 1 aromatic heterocycles. The fourth-order valence-electron chi connectivity index (χ4n) is 3.50. The fraction of sp³-hybridized carbons (Fsp3) is 0.250. The summed E-state index contributed by atoms with van der Waals surface area (Å²) in [6.45, 7) is 12.6. The molecular weight excluding hydrogens is 442 g/mol. The first-order chi connectivity index (χ1) is 15.6. The van der Waals surface area contributed by atoms with Crippen molar-refractivity contribution in [1.82, 2.24) is 4.57 Å². The van der Waals surface area contributed by atoms with Crippen LogP contribution in [0.5, 0.6) is 11.5 Å². The summed E-state index contributed by atoms with van der Waals surface area (Å²) in [6, 6.07) is 13.4. The van der Waals surface area contributed by atoms with Gasteiger partial charge in [0.1, 0.15) is 17.2 Å². The van der Waals surface area contributed by atoms with Crippen molar-refractivity contribution in [2.45, 2.75) is 32.4 Å². The molecule has 0 unspecified atom stereocenters. The van der Waals surface area contributed by atoms with E-state index in [1.54, 1.807) is 74.0 Å². The van der Waals surface area contributed by atoms with Crippen molar-refractivity contribution >= 4 is 27.4 Å². The minimum Gasteiger partial charge on any atom is -0.477 e. The van der Waals surface area contributed by atoms with Gasteiger partial charge in [0.15, 0.2) is 0 Å². The van der Waals surface area contributed by atoms with E-state index in [-0.39, 0.29) is 5.69 Å². The third kappa shape index (κ3) is 4.86. The molecule has 3 aromatic rings. The molecule has 0 aliphatic heterocycles. The minimum atomic E-state index is -3.48. The molecular formula is C24H25N3O5S. The quantitative estimate of drug-likeness (QED) is 0.429. The average molecular weight is 468 g/mol. The Morgan fingerprint density at radius 3 is 2.39 bits per heavy atom. The molecule has 0 bridgehead atoms. The number of nitrogens with one attached hydrogen (secondary N) is 1. The standard InChI is InChI=1S/C24H25N3O5S/c1-6-20-22(25-4)21(23(24(28)29)27(20)5)16-10-12-18(13-11-16)32-19-9-7-8-17(14-19)26-33(30,31)15(2)3/h7-15,26H,6H2,1-3,5H3,(H,28,29). The average Bonchev–Trinajstić information content (AvgIpc) is 3.05. The molecule has 0 saturated heterocycles. The highest BCUT2D eigenvalue weighted by molar-refractivity contribution is 7.93. The van der Waals surface area contributed by atoms with Gasteiger partial charge in [0, 0.05) is 24.4 Å². The number of benzene rings is 2. The van der Waals surface area contributed by atoms with Gasteiger partial charge in [-0.1, -0.05) is 25.1 Å². The highest BCUT2D eigenvalue weighted by Gasteiger charge is 2.25. The van der Waals surface area contributed by atoms with Gasteiger partial charge < -0.3 is 14.4 Å². The van der Waals surface area contributed by atoms with Crippen LogP contribution in [0.2, 0.25) is 0 Å². The summed E-state index contributed by atoms with van der Waals surface area (Å²) < 4.78 is 34.1. The van der Waals surface area contributed by atoms with Crippen LogP contribution in [0.15, 0.2) is 48.5 Å². The number of carbonyl (C=O) groups is 1. The first-order valence-corrected chi connectivity index (χ1v) is 11.9. The topological polar surface area (TPSA) is 102 Å². The van der Waals surface area contributed by atoms with E-state index in [1.807, 2.05) is 6.92 Å². The smallest absolute Gasteiger partial charge is 0.351 e. The number of sulfonamides is 1. The first kappa shape index (κ1) is 23.9. The van der Waals surface area contributed by atoms with Gasteiger partial charge in [0.05, 0.1) is 17.5 Å². The predicted octanol–water partition coefficient (Wildman–Crippen LogP) is 5.45. The molecule has 1 heterocycles. The number of hydrogen-bond acceptors (Lipinski definition) is 4. The van der Waals surface area contributed by atoms with Crippen LogP contribution in [0.3, 0.4) is 0 Å². The number of aromatic nitrogens is 1. The maximum absolute atomic E-state index is 12.1.